The monoisotopic (exact) mass is 340 g/mol. The number of nitrogens with one attached hydrogen (secondary N) is 2. The molecule has 5 heteroatoms. The summed E-state index contributed by atoms with van der Waals surface area (Å²) in [6.07, 6.45) is 1.92. The molecule has 0 aromatic heterocycles. The number of unbranched alkanes of at least 4 members (excludes halogenated alkanes) is 1. The first-order valence-corrected chi connectivity index (χ1v) is 7.52. The van der Waals surface area contributed by atoms with E-state index in [-0.39, 0.29) is 11.8 Å². The Morgan fingerprint density at radius 1 is 1.15 bits per heavy atom. The Bertz CT molecular complexity index is 469. The molecule has 0 saturated heterocycles. The minimum atomic E-state index is -1.10. The van der Waals surface area contributed by atoms with E-state index in [2.05, 4.69) is 33.5 Å². The molecule has 0 aliphatic heterocycles. The van der Waals surface area contributed by atoms with E-state index < -0.39 is 5.41 Å². The second-order valence-corrected chi connectivity index (χ2v) is 6.11. The van der Waals surface area contributed by atoms with E-state index in [0.29, 0.717) is 12.2 Å². The third-order valence-electron chi connectivity index (χ3n) is 3.05. The smallest absolute Gasteiger partial charge is 0.239 e. The highest BCUT2D eigenvalue weighted by Crippen LogP contribution is 2.20. The molecular formula is C15H21BrN2O2. The molecule has 0 aliphatic rings. The molecule has 2 amide bonds. The third kappa shape index (κ3) is 4.63. The second kappa shape index (κ2) is 7.43. The molecule has 0 spiro atoms. The number of carbonyl (C=O) groups excluding carboxylic acids is 2. The fourth-order valence-corrected chi connectivity index (χ4v) is 1.79. The maximum atomic E-state index is 12.2. The Balaban J connectivity index is 2.64. The SMILES string of the molecule is CCCCNC(=O)C(C)(C)C(=O)Nc1ccc(Br)cc1. The minimum absolute atomic E-state index is 0.249. The summed E-state index contributed by atoms with van der Waals surface area (Å²) in [4.78, 5) is 24.3. The van der Waals surface area contributed by atoms with E-state index in [1.807, 2.05) is 12.1 Å². The van der Waals surface area contributed by atoms with Crippen molar-refractivity contribution in [2.45, 2.75) is 33.6 Å². The van der Waals surface area contributed by atoms with E-state index in [1.165, 1.54) is 0 Å². The van der Waals surface area contributed by atoms with Crippen LogP contribution >= 0.6 is 15.9 Å². The van der Waals surface area contributed by atoms with Crippen LogP contribution in [0.3, 0.4) is 0 Å². The quantitative estimate of drug-likeness (QED) is 0.616. The number of amides is 2. The predicted octanol–water partition coefficient (Wildman–Crippen LogP) is 3.33. The average molecular weight is 341 g/mol. The van der Waals surface area contributed by atoms with E-state index in [1.54, 1.807) is 26.0 Å². The zero-order valence-corrected chi connectivity index (χ0v) is 13.7. The molecule has 2 N–H and O–H groups in total. The molecule has 0 aliphatic carbocycles. The van der Waals surface area contributed by atoms with Crippen molar-refractivity contribution in [2.24, 2.45) is 5.41 Å². The summed E-state index contributed by atoms with van der Waals surface area (Å²) in [7, 11) is 0. The third-order valence-corrected chi connectivity index (χ3v) is 3.58. The number of hydrogen-bond donors (Lipinski definition) is 2. The largest absolute Gasteiger partial charge is 0.355 e. The van der Waals surface area contributed by atoms with E-state index >= 15 is 0 Å². The molecule has 0 fully saturated rings. The van der Waals surface area contributed by atoms with Crippen LogP contribution in [0.2, 0.25) is 0 Å². The molecule has 1 rings (SSSR count). The average Bonchev–Trinajstić information content (AvgIpc) is 2.41. The Hall–Kier alpha value is -1.36. The molecule has 1 aromatic rings. The number of carbonyl (C=O) groups is 2. The van der Waals surface area contributed by atoms with Crippen molar-refractivity contribution in [1.82, 2.24) is 5.32 Å². The van der Waals surface area contributed by atoms with Crippen LogP contribution in [0.15, 0.2) is 28.7 Å². The van der Waals surface area contributed by atoms with Crippen LogP contribution in [0.5, 0.6) is 0 Å². The Morgan fingerprint density at radius 3 is 2.30 bits per heavy atom. The van der Waals surface area contributed by atoms with Gasteiger partial charge in [0, 0.05) is 16.7 Å². The first-order valence-electron chi connectivity index (χ1n) is 6.73. The highest BCUT2D eigenvalue weighted by atomic mass is 79.9. The minimum Gasteiger partial charge on any atom is -0.355 e. The lowest BCUT2D eigenvalue weighted by atomic mass is 9.91. The maximum absolute atomic E-state index is 12.2. The molecule has 0 unspecified atom stereocenters. The Morgan fingerprint density at radius 2 is 1.75 bits per heavy atom. The van der Waals surface area contributed by atoms with Gasteiger partial charge in [-0.05, 0) is 44.5 Å². The zero-order chi connectivity index (χ0) is 15.2. The summed E-state index contributed by atoms with van der Waals surface area (Å²) in [5, 5.41) is 5.55. The summed E-state index contributed by atoms with van der Waals surface area (Å²) in [5.74, 6) is -0.561. The molecule has 0 bridgehead atoms. The highest BCUT2D eigenvalue weighted by Gasteiger charge is 2.35. The van der Waals surface area contributed by atoms with Crippen LogP contribution in [-0.4, -0.2) is 18.4 Å². The van der Waals surface area contributed by atoms with Crippen LogP contribution in [0.1, 0.15) is 33.6 Å². The van der Waals surface area contributed by atoms with Gasteiger partial charge in [-0.15, -0.1) is 0 Å². The molecule has 0 radical (unpaired) electrons. The standard InChI is InChI=1S/C15H21BrN2O2/c1-4-5-10-17-13(19)15(2,3)14(20)18-12-8-6-11(16)7-9-12/h6-9H,4-5,10H2,1-3H3,(H,17,19)(H,18,20). The van der Waals surface area contributed by atoms with Crippen molar-refractivity contribution >= 4 is 33.4 Å². The van der Waals surface area contributed by atoms with Gasteiger partial charge < -0.3 is 10.6 Å². The molecule has 0 heterocycles. The molecule has 1 aromatic carbocycles. The normalized spacial score (nSPS) is 11.0. The van der Waals surface area contributed by atoms with E-state index in [9.17, 15) is 9.59 Å². The first-order chi connectivity index (χ1) is 9.37. The van der Waals surface area contributed by atoms with Gasteiger partial charge in [-0.2, -0.15) is 0 Å². The van der Waals surface area contributed by atoms with Crippen molar-refractivity contribution in [2.75, 3.05) is 11.9 Å². The van der Waals surface area contributed by atoms with E-state index in [4.69, 9.17) is 0 Å². The van der Waals surface area contributed by atoms with E-state index in [0.717, 1.165) is 17.3 Å². The molecule has 20 heavy (non-hydrogen) atoms. The van der Waals surface area contributed by atoms with Crippen LogP contribution < -0.4 is 10.6 Å². The fraction of sp³-hybridized carbons (Fsp3) is 0.467. The van der Waals surface area contributed by atoms with Gasteiger partial charge in [-0.25, -0.2) is 0 Å². The summed E-state index contributed by atoms with van der Waals surface area (Å²) < 4.78 is 0.937. The summed E-state index contributed by atoms with van der Waals surface area (Å²) in [5.41, 5.74) is -0.423. The molecule has 0 saturated carbocycles. The molecule has 0 atom stereocenters. The lowest BCUT2D eigenvalue weighted by molar-refractivity contribution is -0.138. The van der Waals surface area contributed by atoms with Gasteiger partial charge >= 0.3 is 0 Å². The number of halogens is 1. The van der Waals surface area contributed by atoms with Crippen LogP contribution in [0.25, 0.3) is 0 Å². The molecule has 110 valence electrons. The van der Waals surface area contributed by atoms with Crippen LogP contribution in [-0.2, 0) is 9.59 Å². The maximum Gasteiger partial charge on any atom is 0.239 e. The van der Waals surface area contributed by atoms with Gasteiger partial charge in [-0.1, -0.05) is 29.3 Å². The number of benzene rings is 1. The summed E-state index contributed by atoms with van der Waals surface area (Å²) in [6, 6.07) is 7.24. The summed E-state index contributed by atoms with van der Waals surface area (Å²) >= 11 is 3.33. The topological polar surface area (TPSA) is 58.2 Å². The Kier molecular flexibility index (Phi) is 6.20. The predicted molar refractivity (Wildman–Crippen MR) is 84.5 cm³/mol. The van der Waals surface area contributed by atoms with Gasteiger partial charge in [0.1, 0.15) is 5.41 Å². The molecular weight excluding hydrogens is 320 g/mol. The lowest BCUT2D eigenvalue weighted by Crippen LogP contribution is -2.45. The van der Waals surface area contributed by atoms with Gasteiger partial charge in [0.2, 0.25) is 11.8 Å². The van der Waals surface area contributed by atoms with Gasteiger partial charge in [0.15, 0.2) is 0 Å². The second-order valence-electron chi connectivity index (χ2n) is 5.20. The van der Waals surface area contributed by atoms with Crippen molar-refractivity contribution in [3.8, 4) is 0 Å². The zero-order valence-electron chi connectivity index (χ0n) is 12.1. The summed E-state index contributed by atoms with van der Waals surface area (Å²) in [6.45, 7) is 5.91. The first kappa shape index (κ1) is 16.7. The molecule has 4 nitrogen and oxygen atoms in total. The van der Waals surface area contributed by atoms with Crippen molar-refractivity contribution in [3.63, 3.8) is 0 Å². The number of hydrogen-bond acceptors (Lipinski definition) is 2. The van der Waals surface area contributed by atoms with Gasteiger partial charge in [0.05, 0.1) is 0 Å². The van der Waals surface area contributed by atoms with Crippen molar-refractivity contribution in [3.05, 3.63) is 28.7 Å². The highest BCUT2D eigenvalue weighted by molar-refractivity contribution is 9.10. The Labute approximate surface area is 128 Å². The van der Waals surface area contributed by atoms with Crippen LogP contribution in [0, 0.1) is 5.41 Å². The van der Waals surface area contributed by atoms with Crippen LogP contribution in [0.4, 0.5) is 5.69 Å². The number of anilines is 1. The number of rotatable bonds is 6. The van der Waals surface area contributed by atoms with Crippen molar-refractivity contribution < 1.29 is 9.59 Å². The van der Waals surface area contributed by atoms with Gasteiger partial charge in [-0.3, -0.25) is 9.59 Å². The van der Waals surface area contributed by atoms with Crippen molar-refractivity contribution in [1.29, 1.82) is 0 Å². The van der Waals surface area contributed by atoms with Gasteiger partial charge in [0.25, 0.3) is 0 Å². The fourth-order valence-electron chi connectivity index (χ4n) is 1.52. The lowest BCUT2D eigenvalue weighted by Gasteiger charge is -2.22.